The Morgan fingerprint density at radius 2 is 1.96 bits per heavy atom. The molecule has 0 radical (unpaired) electrons. The predicted octanol–water partition coefficient (Wildman–Crippen LogP) is 0.497. The van der Waals surface area contributed by atoms with Crippen molar-refractivity contribution in [2.75, 3.05) is 32.8 Å². The largest absolute Gasteiger partial charge is 0.481 e. The second-order valence-electron chi connectivity index (χ2n) is 4.91. The van der Waals surface area contributed by atoms with E-state index in [1.807, 2.05) is 4.90 Å². The number of rotatable bonds is 4. The van der Waals surface area contributed by atoms with E-state index in [4.69, 9.17) is 14.2 Å². The highest BCUT2D eigenvalue weighted by Crippen LogP contribution is 2.24. The maximum Gasteiger partial charge on any atom is 0.358 e. The van der Waals surface area contributed by atoms with Gasteiger partial charge in [0, 0.05) is 12.6 Å². The highest BCUT2D eigenvalue weighted by Gasteiger charge is 2.23. The molecule has 0 atom stereocenters. The molecule has 9 nitrogen and oxygen atoms in total. The van der Waals surface area contributed by atoms with Crippen LogP contribution in [0.3, 0.4) is 0 Å². The zero-order valence-electron chi connectivity index (χ0n) is 13.1. The van der Waals surface area contributed by atoms with Gasteiger partial charge >= 0.3 is 12.0 Å². The van der Waals surface area contributed by atoms with Gasteiger partial charge in [-0.05, 0) is 6.07 Å². The summed E-state index contributed by atoms with van der Waals surface area (Å²) in [6, 6.07) is 3.72. The van der Waals surface area contributed by atoms with Gasteiger partial charge in [-0.2, -0.15) is 15.1 Å². The molecule has 23 heavy (non-hydrogen) atoms. The maximum atomic E-state index is 11.6. The van der Waals surface area contributed by atoms with E-state index in [1.54, 1.807) is 23.9 Å². The van der Waals surface area contributed by atoms with Crippen LogP contribution in [0.5, 0.6) is 11.9 Å². The van der Waals surface area contributed by atoms with Gasteiger partial charge in [0.05, 0.1) is 40.1 Å². The summed E-state index contributed by atoms with van der Waals surface area (Å²) in [5.74, 6) is 0.686. The summed E-state index contributed by atoms with van der Waals surface area (Å²) in [6.07, 6.45) is 0. The van der Waals surface area contributed by atoms with Crippen molar-refractivity contribution in [1.82, 2.24) is 19.7 Å². The maximum absolute atomic E-state index is 11.6. The molecule has 3 rings (SSSR count). The Labute approximate surface area is 132 Å². The van der Waals surface area contributed by atoms with Crippen LogP contribution in [0.15, 0.2) is 12.1 Å². The minimum Gasteiger partial charge on any atom is -0.481 e. The van der Waals surface area contributed by atoms with Gasteiger partial charge in [0.2, 0.25) is 5.88 Å². The first-order chi connectivity index (χ1) is 11.1. The molecule has 2 aromatic heterocycles. The first-order valence-electron chi connectivity index (χ1n) is 7.01. The molecule has 0 saturated heterocycles. The predicted molar refractivity (Wildman–Crippen MR) is 79.8 cm³/mol. The second-order valence-corrected chi connectivity index (χ2v) is 4.91. The normalized spacial score (nSPS) is 13.4. The van der Waals surface area contributed by atoms with Crippen LogP contribution in [0.2, 0.25) is 0 Å². The van der Waals surface area contributed by atoms with Crippen LogP contribution >= 0.6 is 0 Å². The summed E-state index contributed by atoms with van der Waals surface area (Å²) in [5, 5.41) is 4.25. The molecule has 0 aliphatic carbocycles. The van der Waals surface area contributed by atoms with Crippen LogP contribution in [-0.4, -0.2) is 53.6 Å². The number of methoxy groups -OCH3 is 3. The average Bonchev–Trinajstić information content (AvgIpc) is 3.03. The van der Waals surface area contributed by atoms with Crippen LogP contribution in [0.4, 0.5) is 5.82 Å². The summed E-state index contributed by atoms with van der Waals surface area (Å²) < 4.78 is 16.8. The van der Waals surface area contributed by atoms with E-state index in [0.717, 1.165) is 5.69 Å². The lowest BCUT2D eigenvalue weighted by molar-refractivity contribution is 0.0593. The van der Waals surface area contributed by atoms with E-state index in [-0.39, 0.29) is 6.01 Å². The lowest BCUT2D eigenvalue weighted by Gasteiger charge is -2.28. The van der Waals surface area contributed by atoms with Crippen molar-refractivity contribution in [1.29, 1.82) is 0 Å². The molecule has 0 unspecified atom stereocenters. The molecule has 0 N–H and O–H groups in total. The Morgan fingerprint density at radius 1 is 1.13 bits per heavy atom. The highest BCUT2D eigenvalue weighted by atomic mass is 16.5. The smallest absolute Gasteiger partial charge is 0.358 e. The minimum atomic E-state index is -0.441. The molecule has 3 heterocycles. The van der Waals surface area contributed by atoms with Gasteiger partial charge in [0.25, 0.3) is 0 Å². The fourth-order valence-electron chi connectivity index (χ4n) is 2.42. The molecule has 0 aromatic carbocycles. The monoisotopic (exact) mass is 319 g/mol. The number of aromatic nitrogens is 4. The van der Waals surface area contributed by atoms with Crippen molar-refractivity contribution in [3.8, 4) is 11.9 Å². The fourth-order valence-corrected chi connectivity index (χ4v) is 2.42. The fraction of sp³-hybridized carbons (Fsp3) is 0.429. The first kappa shape index (κ1) is 15.1. The van der Waals surface area contributed by atoms with E-state index in [2.05, 4.69) is 15.1 Å². The molecule has 0 fully saturated rings. The lowest BCUT2D eigenvalue weighted by Crippen LogP contribution is -2.34. The molecule has 0 spiro atoms. The number of carbonyl (C=O) groups is 1. The third-order valence-corrected chi connectivity index (χ3v) is 3.58. The van der Waals surface area contributed by atoms with E-state index in [9.17, 15) is 4.79 Å². The SMILES string of the molecule is COC(=O)c1cc2n(n1)CCN(c1cc(OC)nc(OC)n1)C2. The van der Waals surface area contributed by atoms with Gasteiger partial charge in [-0.3, -0.25) is 4.68 Å². The van der Waals surface area contributed by atoms with Gasteiger partial charge < -0.3 is 19.1 Å². The third kappa shape index (κ3) is 2.89. The average molecular weight is 319 g/mol. The van der Waals surface area contributed by atoms with Gasteiger partial charge in [-0.1, -0.05) is 0 Å². The highest BCUT2D eigenvalue weighted by molar-refractivity contribution is 5.87. The number of nitrogens with zero attached hydrogens (tertiary/aromatic N) is 5. The minimum absolute atomic E-state index is 0.244. The van der Waals surface area contributed by atoms with Gasteiger partial charge in [-0.25, -0.2) is 4.79 Å². The standard InChI is InChI=1S/C14H17N5O4/c1-21-12-7-11(15-14(16-12)23-3)18-4-5-19-9(8-18)6-10(17-19)13(20)22-2/h6-7H,4-5,8H2,1-3H3. The molecule has 2 aromatic rings. The molecule has 0 bridgehead atoms. The van der Waals surface area contributed by atoms with Crippen LogP contribution in [0, 0.1) is 0 Å². The van der Waals surface area contributed by atoms with Crippen molar-refractivity contribution in [3.05, 3.63) is 23.5 Å². The van der Waals surface area contributed by atoms with E-state index in [0.29, 0.717) is 37.0 Å². The van der Waals surface area contributed by atoms with E-state index >= 15 is 0 Å². The Bertz CT molecular complexity index is 708. The molecule has 1 aliphatic rings. The number of anilines is 1. The summed E-state index contributed by atoms with van der Waals surface area (Å²) in [7, 11) is 4.39. The summed E-state index contributed by atoms with van der Waals surface area (Å²) in [6.45, 7) is 1.90. The summed E-state index contributed by atoms with van der Waals surface area (Å²) >= 11 is 0. The number of hydrogen-bond donors (Lipinski definition) is 0. The van der Waals surface area contributed by atoms with Gasteiger partial charge in [0.15, 0.2) is 5.69 Å². The quantitative estimate of drug-likeness (QED) is 0.752. The number of carbonyl (C=O) groups excluding carboxylic acids is 1. The Kier molecular flexibility index (Phi) is 4.00. The van der Waals surface area contributed by atoms with Crippen molar-refractivity contribution in [3.63, 3.8) is 0 Å². The molecule has 9 heteroatoms. The summed E-state index contributed by atoms with van der Waals surface area (Å²) in [4.78, 5) is 22.1. The van der Waals surface area contributed by atoms with Crippen molar-refractivity contribution in [2.24, 2.45) is 0 Å². The molecular formula is C14H17N5O4. The molecule has 1 aliphatic heterocycles. The topological polar surface area (TPSA) is 91.6 Å². The molecule has 0 amide bonds. The first-order valence-corrected chi connectivity index (χ1v) is 7.01. The van der Waals surface area contributed by atoms with Crippen LogP contribution in [0.1, 0.15) is 16.2 Å². The second kappa shape index (κ2) is 6.11. The number of fused-ring (bicyclic) bond motifs is 1. The van der Waals surface area contributed by atoms with Crippen molar-refractivity contribution < 1.29 is 19.0 Å². The lowest BCUT2D eigenvalue weighted by atomic mass is 10.2. The zero-order chi connectivity index (χ0) is 16.4. The van der Waals surface area contributed by atoms with Crippen LogP contribution in [0.25, 0.3) is 0 Å². The van der Waals surface area contributed by atoms with Crippen LogP contribution < -0.4 is 14.4 Å². The Hall–Kier alpha value is -2.84. The summed E-state index contributed by atoms with van der Waals surface area (Å²) in [5.41, 5.74) is 1.22. The molecule has 0 saturated carbocycles. The van der Waals surface area contributed by atoms with E-state index < -0.39 is 5.97 Å². The third-order valence-electron chi connectivity index (χ3n) is 3.58. The van der Waals surface area contributed by atoms with Crippen molar-refractivity contribution >= 4 is 11.8 Å². The number of ether oxygens (including phenoxy) is 3. The van der Waals surface area contributed by atoms with Crippen molar-refractivity contribution in [2.45, 2.75) is 13.1 Å². The van der Waals surface area contributed by atoms with Gasteiger partial charge in [-0.15, -0.1) is 0 Å². The number of hydrogen-bond acceptors (Lipinski definition) is 8. The number of esters is 1. The Balaban J connectivity index is 1.87. The Morgan fingerprint density at radius 3 is 2.65 bits per heavy atom. The van der Waals surface area contributed by atoms with Crippen LogP contribution in [-0.2, 0) is 17.8 Å². The zero-order valence-corrected chi connectivity index (χ0v) is 13.1. The molecular weight excluding hydrogens is 302 g/mol. The van der Waals surface area contributed by atoms with Gasteiger partial charge in [0.1, 0.15) is 5.82 Å². The molecule has 122 valence electrons. The van der Waals surface area contributed by atoms with E-state index in [1.165, 1.54) is 14.2 Å².